The molecule has 2 aliphatic rings. The van der Waals surface area contributed by atoms with Crippen LogP contribution in [0.1, 0.15) is 49.3 Å². The Balaban J connectivity index is 1.73. The molecule has 31 heavy (non-hydrogen) atoms. The lowest BCUT2D eigenvalue weighted by Gasteiger charge is -2.52. The van der Waals surface area contributed by atoms with Gasteiger partial charge in [0.15, 0.2) is 0 Å². The van der Waals surface area contributed by atoms with Crippen molar-refractivity contribution in [2.24, 2.45) is 5.92 Å². The molecule has 0 bridgehead atoms. The Morgan fingerprint density at radius 2 is 1.90 bits per heavy atom. The lowest BCUT2D eigenvalue weighted by Crippen LogP contribution is -2.56. The molecule has 4 rings (SSSR count). The van der Waals surface area contributed by atoms with Gasteiger partial charge in [-0.3, -0.25) is 4.79 Å². The number of amides is 1. The second-order valence-electron chi connectivity index (χ2n) is 8.53. The van der Waals surface area contributed by atoms with Gasteiger partial charge < -0.3 is 19.5 Å². The summed E-state index contributed by atoms with van der Waals surface area (Å²) >= 11 is 0. The topological polar surface area (TPSA) is 59.0 Å². The van der Waals surface area contributed by atoms with Crippen molar-refractivity contribution in [3.05, 3.63) is 65.7 Å². The van der Waals surface area contributed by atoms with Crippen molar-refractivity contribution in [2.75, 3.05) is 20.8 Å². The van der Waals surface area contributed by atoms with Gasteiger partial charge in [0.1, 0.15) is 11.5 Å². The maximum Gasteiger partial charge on any atom is 0.247 e. The summed E-state index contributed by atoms with van der Waals surface area (Å²) in [5.74, 6) is 1.34. The number of piperidine rings is 1. The van der Waals surface area contributed by atoms with E-state index in [1.54, 1.807) is 20.3 Å². The van der Waals surface area contributed by atoms with E-state index in [2.05, 4.69) is 0 Å². The average Bonchev–Trinajstić information content (AvgIpc) is 2.81. The van der Waals surface area contributed by atoms with Crippen LogP contribution >= 0.6 is 0 Å². The van der Waals surface area contributed by atoms with E-state index in [1.165, 1.54) is 0 Å². The summed E-state index contributed by atoms with van der Waals surface area (Å²) in [5, 5.41) is 11.5. The fourth-order valence-corrected chi connectivity index (χ4v) is 5.21. The van der Waals surface area contributed by atoms with E-state index < -0.39 is 5.60 Å². The number of hydrogen-bond donors (Lipinski definition) is 1. The molecular formula is C26H31NO4. The number of carbonyl (C=O) groups is 1. The number of ether oxygens (including phenoxy) is 2. The van der Waals surface area contributed by atoms with Crippen LogP contribution in [-0.2, 0) is 4.79 Å². The third-order valence-corrected chi connectivity index (χ3v) is 6.82. The molecule has 2 aromatic carbocycles. The zero-order valence-electron chi connectivity index (χ0n) is 18.3. The molecule has 1 heterocycles. The van der Waals surface area contributed by atoms with Crippen LogP contribution < -0.4 is 9.47 Å². The number of likely N-dealkylation sites (tertiary alicyclic amines) is 1. The van der Waals surface area contributed by atoms with Gasteiger partial charge in [-0.25, -0.2) is 0 Å². The van der Waals surface area contributed by atoms with Crippen LogP contribution in [0, 0.1) is 5.92 Å². The number of benzene rings is 2. The maximum absolute atomic E-state index is 13.4. The molecule has 0 aromatic heterocycles. The molecule has 1 aliphatic carbocycles. The first kappa shape index (κ1) is 21.4. The largest absolute Gasteiger partial charge is 0.497 e. The molecule has 1 N–H and O–H groups in total. The summed E-state index contributed by atoms with van der Waals surface area (Å²) in [6.07, 6.45) is 7.84. The van der Waals surface area contributed by atoms with Gasteiger partial charge in [-0.05, 0) is 49.1 Å². The van der Waals surface area contributed by atoms with Crippen LogP contribution in [0.4, 0.5) is 0 Å². The van der Waals surface area contributed by atoms with Crippen LogP contribution in [0.15, 0.2) is 54.6 Å². The second-order valence-corrected chi connectivity index (χ2v) is 8.53. The average molecular weight is 422 g/mol. The Kier molecular flexibility index (Phi) is 6.33. The Morgan fingerprint density at radius 3 is 2.65 bits per heavy atom. The second kappa shape index (κ2) is 9.15. The first-order valence-corrected chi connectivity index (χ1v) is 11.0. The summed E-state index contributed by atoms with van der Waals surface area (Å²) in [6, 6.07) is 15.2. The van der Waals surface area contributed by atoms with Crippen molar-refractivity contribution in [3.63, 3.8) is 0 Å². The summed E-state index contributed by atoms with van der Waals surface area (Å²) in [4.78, 5) is 15.3. The molecule has 2 aromatic rings. The molecular weight excluding hydrogens is 390 g/mol. The minimum absolute atomic E-state index is 0.0370. The van der Waals surface area contributed by atoms with Crippen molar-refractivity contribution < 1.29 is 19.4 Å². The monoisotopic (exact) mass is 421 g/mol. The molecule has 1 saturated heterocycles. The molecule has 0 radical (unpaired) electrons. The van der Waals surface area contributed by atoms with E-state index in [9.17, 15) is 9.90 Å². The lowest BCUT2D eigenvalue weighted by molar-refractivity contribution is -0.151. The smallest absolute Gasteiger partial charge is 0.247 e. The Hall–Kier alpha value is -2.79. The Bertz CT molecular complexity index is 942. The minimum Gasteiger partial charge on any atom is -0.497 e. The lowest BCUT2D eigenvalue weighted by atomic mass is 9.66. The van der Waals surface area contributed by atoms with E-state index in [4.69, 9.17) is 9.47 Å². The van der Waals surface area contributed by atoms with Crippen LogP contribution in [0.2, 0.25) is 0 Å². The van der Waals surface area contributed by atoms with Crippen molar-refractivity contribution >= 4 is 12.0 Å². The zero-order valence-corrected chi connectivity index (χ0v) is 18.3. The van der Waals surface area contributed by atoms with Gasteiger partial charge in [0.2, 0.25) is 5.91 Å². The van der Waals surface area contributed by atoms with Gasteiger partial charge in [-0.2, -0.15) is 0 Å². The highest BCUT2D eigenvalue weighted by atomic mass is 16.5. The summed E-state index contributed by atoms with van der Waals surface area (Å²) in [6.45, 7) is 0.510. The fourth-order valence-electron chi connectivity index (χ4n) is 5.21. The standard InChI is InChI=1S/C26H31NO4/c1-30-20-12-13-23(31-2)21(18-20)25-22-10-6-7-15-26(22,29)16-17-27(25)24(28)14-11-19-8-4-3-5-9-19/h3-5,8-9,11-14,18,22,25,29H,6-7,10,15-17H2,1-2H3/b14-11+/t22?,25-,26?/m0/s1. The highest BCUT2D eigenvalue weighted by molar-refractivity contribution is 5.92. The molecule has 1 aliphatic heterocycles. The summed E-state index contributed by atoms with van der Waals surface area (Å²) < 4.78 is 11.1. The molecule has 5 nitrogen and oxygen atoms in total. The molecule has 5 heteroatoms. The summed E-state index contributed by atoms with van der Waals surface area (Å²) in [7, 11) is 3.28. The van der Waals surface area contributed by atoms with Gasteiger partial charge in [-0.1, -0.05) is 43.2 Å². The van der Waals surface area contributed by atoms with Crippen LogP contribution in [-0.4, -0.2) is 42.3 Å². The van der Waals surface area contributed by atoms with Crippen LogP contribution in [0.25, 0.3) is 6.08 Å². The van der Waals surface area contributed by atoms with E-state index in [0.717, 1.165) is 36.8 Å². The molecule has 2 fully saturated rings. The predicted octanol–water partition coefficient (Wildman–Crippen LogP) is 4.61. The number of aliphatic hydroxyl groups is 1. The number of methoxy groups -OCH3 is 2. The van der Waals surface area contributed by atoms with E-state index in [0.29, 0.717) is 24.5 Å². The van der Waals surface area contributed by atoms with Gasteiger partial charge >= 0.3 is 0 Å². The molecule has 2 unspecified atom stereocenters. The number of rotatable bonds is 5. The van der Waals surface area contributed by atoms with Crippen LogP contribution in [0.3, 0.4) is 0 Å². The third kappa shape index (κ3) is 4.33. The molecule has 3 atom stereocenters. The fraction of sp³-hybridized carbons (Fsp3) is 0.423. The highest BCUT2D eigenvalue weighted by Crippen LogP contribution is 2.51. The van der Waals surface area contributed by atoms with Gasteiger partial charge in [0, 0.05) is 24.1 Å². The first-order chi connectivity index (χ1) is 15.1. The predicted molar refractivity (Wildman–Crippen MR) is 121 cm³/mol. The van der Waals surface area contributed by atoms with E-state index in [-0.39, 0.29) is 17.9 Å². The number of nitrogens with zero attached hydrogens (tertiary/aromatic N) is 1. The first-order valence-electron chi connectivity index (χ1n) is 11.0. The third-order valence-electron chi connectivity index (χ3n) is 6.82. The van der Waals surface area contributed by atoms with E-state index in [1.807, 2.05) is 59.5 Å². The Morgan fingerprint density at radius 1 is 1.10 bits per heavy atom. The maximum atomic E-state index is 13.4. The van der Waals surface area contributed by atoms with E-state index >= 15 is 0 Å². The minimum atomic E-state index is -0.753. The van der Waals surface area contributed by atoms with Gasteiger partial charge in [0.25, 0.3) is 0 Å². The van der Waals surface area contributed by atoms with Crippen molar-refractivity contribution in [1.82, 2.24) is 4.90 Å². The molecule has 1 saturated carbocycles. The molecule has 0 spiro atoms. The van der Waals surface area contributed by atoms with Gasteiger partial charge in [0.05, 0.1) is 25.9 Å². The number of hydrogen-bond acceptors (Lipinski definition) is 4. The Labute approximate surface area is 184 Å². The SMILES string of the molecule is COc1ccc(OC)c([C@H]2C3CCCCC3(O)CCN2C(=O)/C=C/c2ccccc2)c1. The highest BCUT2D eigenvalue weighted by Gasteiger charge is 2.50. The number of carbonyl (C=O) groups excluding carboxylic acids is 1. The normalized spacial score (nSPS) is 25.8. The van der Waals surface area contributed by atoms with Crippen molar-refractivity contribution in [2.45, 2.75) is 43.7 Å². The summed E-state index contributed by atoms with van der Waals surface area (Å²) in [5.41, 5.74) is 1.13. The molecule has 1 amide bonds. The zero-order chi connectivity index (χ0) is 21.8. The number of fused-ring (bicyclic) bond motifs is 1. The quantitative estimate of drug-likeness (QED) is 0.716. The van der Waals surface area contributed by atoms with Crippen molar-refractivity contribution in [3.8, 4) is 11.5 Å². The van der Waals surface area contributed by atoms with Crippen LogP contribution in [0.5, 0.6) is 11.5 Å². The van der Waals surface area contributed by atoms with Crippen molar-refractivity contribution in [1.29, 1.82) is 0 Å². The molecule has 164 valence electrons. The van der Waals surface area contributed by atoms with Gasteiger partial charge in [-0.15, -0.1) is 0 Å².